The van der Waals surface area contributed by atoms with Crippen molar-refractivity contribution in [3.8, 4) is 0 Å². The number of thiazole rings is 1. The first-order valence-corrected chi connectivity index (χ1v) is 8.62. The fourth-order valence-corrected chi connectivity index (χ4v) is 3.00. The SMILES string of the molecule is C=CCN(C(=O)OCc1ccccc1)c1nc(C)c(C(=O)OCC)s1. The second-order valence-electron chi connectivity index (χ2n) is 5.07. The largest absolute Gasteiger partial charge is 0.462 e. The van der Waals surface area contributed by atoms with Crippen LogP contribution in [0.5, 0.6) is 0 Å². The minimum Gasteiger partial charge on any atom is -0.462 e. The molecule has 7 heteroatoms. The molecule has 2 rings (SSSR count). The third-order valence-corrected chi connectivity index (χ3v) is 4.37. The molecular weight excluding hydrogens is 340 g/mol. The van der Waals surface area contributed by atoms with Gasteiger partial charge in [0, 0.05) is 6.54 Å². The van der Waals surface area contributed by atoms with Crippen molar-refractivity contribution in [2.75, 3.05) is 18.1 Å². The zero-order chi connectivity index (χ0) is 18.2. The monoisotopic (exact) mass is 360 g/mol. The lowest BCUT2D eigenvalue weighted by Crippen LogP contribution is -2.31. The molecule has 2 aromatic rings. The van der Waals surface area contributed by atoms with Crippen LogP contribution in [0.3, 0.4) is 0 Å². The summed E-state index contributed by atoms with van der Waals surface area (Å²) in [4.78, 5) is 30.4. The Hall–Kier alpha value is -2.67. The van der Waals surface area contributed by atoms with Crippen LogP contribution < -0.4 is 4.90 Å². The molecule has 0 fully saturated rings. The van der Waals surface area contributed by atoms with Crippen LogP contribution in [0.15, 0.2) is 43.0 Å². The molecule has 0 spiro atoms. The summed E-state index contributed by atoms with van der Waals surface area (Å²) in [7, 11) is 0. The average Bonchev–Trinajstić information content (AvgIpc) is 3.00. The molecular formula is C18H20N2O4S. The van der Waals surface area contributed by atoms with Crippen molar-refractivity contribution in [2.45, 2.75) is 20.5 Å². The van der Waals surface area contributed by atoms with Crippen molar-refractivity contribution in [1.82, 2.24) is 4.98 Å². The number of carbonyl (C=O) groups excluding carboxylic acids is 2. The number of aryl methyl sites for hydroxylation is 1. The van der Waals surface area contributed by atoms with Gasteiger partial charge in [0.05, 0.1) is 12.3 Å². The van der Waals surface area contributed by atoms with E-state index in [2.05, 4.69) is 11.6 Å². The van der Waals surface area contributed by atoms with Crippen LogP contribution in [-0.4, -0.2) is 30.2 Å². The Kier molecular flexibility index (Phi) is 6.71. The van der Waals surface area contributed by atoms with E-state index in [9.17, 15) is 9.59 Å². The summed E-state index contributed by atoms with van der Waals surface area (Å²) in [5.41, 5.74) is 1.40. The van der Waals surface area contributed by atoms with E-state index in [1.807, 2.05) is 30.3 Å². The van der Waals surface area contributed by atoms with Crippen molar-refractivity contribution in [2.24, 2.45) is 0 Å². The zero-order valence-electron chi connectivity index (χ0n) is 14.2. The molecule has 0 radical (unpaired) electrons. The summed E-state index contributed by atoms with van der Waals surface area (Å²) in [5.74, 6) is -0.444. The minimum atomic E-state index is -0.548. The molecule has 1 aromatic carbocycles. The zero-order valence-corrected chi connectivity index (χ0v) is 15.0. The maximum Gasteiger partial charge on any atom is 0.416 e. The highest BCUT2D eigenvalue weighted by Gasteiger charge is 2.24. The van der Waals surface area contributed by atoms with Crippen LogP contribution in [0.25, 0.3) is 0 Å². The number of benzene rings is 1. The molecule has 0 saturated heterocycles. The summed E-state index contributed by atoms with van der Waals surface area (Å²) in [6.07, 6.45) is 1.03. The van der Waals surface area contributed by atoms with Crippen LogP contribution in [0.2, 0.25) is 0 Å². The van der Waals surface area contributed by atoms with E-state index in [1.165, 1.54) is 4.90 Å². The topological polar surface area (TPSA) is 68.7 Å². The van der Waals surface area contributed by atoms with Gasteiger partial charge in [-0.25, -0.2) is 19.5 Å². The molecule has 0 aliphatic carbocycles. The van der Waals surface area contributed by atoms with Crippen LogP contribution in [0, 0.1) is 6.92 Å². The molecule has 6 nitrogen and oxygen atoms in total. The van der Waals surface area contributed by atoms with Crippen molar-refractivity contribution >= 4 is 28.5 Å². The van der Waals surface area contributed by atoms with Gasteiger partial charge in [-0.05, 0) is 19.4 Å². The first kappa shape index (κ1) is 18.7. The van der Waals surface area contributed by atoms with Crippen molar-refractivity contribution in [1.29, 1.82) is 0 Å². The van der Waals surface area contributed by atoms with Gasteiger partial charge in [-0.2, -0.15) is 0 Å². The van der Waals surface area contributed by atoms with Crippen LogP contribution in [-0.2, 0) is 16.1 Å². The number of aromatic nitrogens is 1. The number of rotatable bonds is 7. The Morgan fingerprint density at radius 3 is 2.64 bits per heavy atom. The quantitative estimate of drug-likeness (QED) is 0.552. The van der Waals surface area contributed by atoms with Gasteiger partial charge in [0.2, 0.25) is 0 Å². The molecule has 1 aromatic heterocycles. The summed E-state index contributed by atoms with van der Waals surface area (Å²) in [6, 6.07) is 9.39. The second kappa shape index (κ2) is 8.98. The highest BCUT2D eigenvalue weighted by Crippen LogP contribution is 2.27. The lowest BCUT2D eigenvalue weighted by Gasteiger charge is -2.17. The van der Waals surface area contributed by atoms with Gasteiger partial charge in [0.25, 0.3) is 0 Å². The van der Waals surface area contributed by atoms with Gasteiger partial charge < -0.3 is 9.47 Å². The number of anilines is 1. The Balaban J connectivity index is 2.14. The average molecular weight is 360 g/mol. The van der Waals surface area contributed by atoms with E-state index in [0.717, 1.165) is 16.9 Å². The third kappa shape index (κ3) is 4.90. The molecule has 0 N–H and O–H groups in total. The highest BCUT2D eigenvalue weighted by molar-refractivity contribution is 7.17. The van der Waals surface area contributed by atoms with Gasteiger partial charge in [0.1, 0.15) is 11.5 Å². The predicted octanol–water partition coefficient (Wildman–Crippen LogP) is 3.96. The molecule has 25 heavy (non-hydrogen) atoms. The Bertz CT molecular complexity index is 743. The fourth-order valence-electron chi connectivity index (χ4n) is 2.04. The van der Waals surface area contributed by atoms with E-state index in [0.29, 0.717) is 15.7 Å². The number of esters is 1. The summed E-state index contributed by atoms with van der Waals surface area (Å²) >= 11 is 1.10. The van der Waals surface area contributed by atoms with Crippen molar-refractivity contribution in [3.63, 3.8) is 0 Å². The molecule has 0 unspecified atom stereocenters. The Morgan fingerprint density at radius 2 is 2.00 bits per heavy atom. The third-order valence-electron chi connectivity index (χ3n) is 3.21. The highest BCUT2D eigenvalue weighted by atomic mass is 32.1. The molecule has 0 saturated carbocycles. The fraction of sp³-hybridized carbons (Fsp3) is 0.278. The van der Waals surface area contributed by atoms with Crippen LogP contribution in [0.4, 0.5) is 9.93 Å². The summed E-state index contributed by atoms with van der Waals surface area (Å²) in [5, 5.41) is 0.374. The number of hydrogen-bond donors (Lipinski definition) is 0. The van der Waals surface area contributed by atoms with Gasteiger partial charge in [-0.15, -0.1) is 6.58 Å². The number of amides is 1. The van der Waals surface area contributed by atoms with Gasteiger partial charge in [-0.1, -0.05) is 47.7 Å². The van der Waals surface area contributed by atoms with E-state index in [4.69, 9.17) is 9.47 Å². The standard InChI is InChI=1S/C18H20N2O4S/c1-4-11-20(18(22)24-12-14-9-7-6-8-10-14)17-19-13(3)15(25-17)16(21)23-5-2/h4,6-10H,1,5,11-12H2,2-3H3. The van der Waals surface area contributed by atoms with E-state index in [-0.39, 0.29) is 19.8 Å². The molecule has 1 amide bonds. The normalized spacial score (nSPS) is 10.2. The van der Waals surface area contributed by atoms with Crippen molar-refractivity contribution < 1.29 is 19.1 Å². The molecule has 0 bridgehead atoms. The van der Waals surface area contributed by atoms with E-state index >= 15 is 0 Å². The Morgan fingerprint density at radius 1 is 1.28 bits per heavy atom. The van der Waals surface area contributed by atoms with Gasteiger partial charge in [-0.3, -0.25) is 0 Å². The maximum absolute atomic E-state index is 12.4. The number of hydrogen-bond acceptors (Lipinski definition) is 6. The molecule has 0 aliphatic rings. The first-order valence-electron chi connectivity index (χ1n) is 7.80. The predicted molar refractivity (Wildman–Crippen MR) is 97.0 cm³/mol. The number of nitrogens with zero attached hydrogens (tertiary/aromatic N) is 2. The smallest absolute Gasteiger partial charge is 0.416 e. The summed E-state index contributed by atoms with van der Waals surface area (Å²) in [6.45, 7) is 7.75. The minimum absolute atomic E-state index is 0.155. The second-order valence-corrected chi connectivity index (χ2v) is 6.05. The van der Waals surface area contributed by atoms with E-state index < -0.39 is 12.1 Å². The number of ether oxygens (including phenoxy) is 2. The first-order chi connectivity index (χ1) is 12.1. The molecule has 132 valence electrons. The van der Waals surface area contributed by atoms with Crippen molar-refractivity contribution in [3.05, 3.63) is 59.1 Å². The summed E-state index contributed by atoms with van der Waals surface area (Å²) < 4.78 is 10.3. The molecule has 0 atom stereocenters. The van der Waals surface area contributed by atoms with Crippen LogP contribution >= 0.6 is 11.3 Å². The maximum atomic E-state index is 12.4. The lowest BCUT2D eigenvalue weighted by molar-refractivity contribution is 0.0531. The molecule has 1 heterocycles. The van der Waals surface area contributed by atoms with Crippen LogP contribution in [0.1, 0.15) is 27.9 Å². The van der Waals surface area contributed by atoms with E-state index in [1.54, 1.807) is 19.9 Å². The number of carbonyl (C=O) groups is 2. The van der Waals surface area contributed by atoms with Gasteiger partial charge in [0.15, 0.2) is 5.13 Å². The van der Waals surface area contributed by atoms with Gasteiger partial charge >= 0.3 is 12.1 Å². The molecule has 0 aliphatic heterocycles. The Labute approximate surface area is 150 Å². The lowest BCUT2D eigenvalue weighted by atomic mass is 10.2.